The smallest absolute Gasteiger partial charge is 0.180 e. The van der Waals surface area contributed by atoms with Gasteiger partial charge < -0.3 is 10.3 Å². The first-order chi connectivity index (χ1) is 9.21. The Balaban J connectivity index is 2.14. The molecule has 3 aromatic heterocycles. The number of aryl methyl sites for hydroxylation is 2. The van der Waals surface area contributed by atoms with Crippen LogP contribution in [0.2, 0.25) is 0 Å². The van der Waals surface area contributed by atoms with Crippen LogP contribution < -0.4 is 5.32 Å². The summed E-state index contributed by atoms with van der Waals surface area (Å²) in [6.45, 7) is 4.86. The van der Waals surface area contributed by atoms with Crippen LogP contribution in [0, 0.1) is 6.92 Å². The van der Waals surface area contributed by atoms with Crippen LogP contribution in [-0.2, 0) is 6.54 Å². The molecule has 6 nitrogen and oxygen atoms in total. The predicted octanol–water partition coefficient (Wildman–Crippen LogP) is 2.19. The van der Waals surface area contributed by atoms with Gasteiger partial charge in [-0.2, -0.15) is 5.10 Å². The van der Waals surface area contributed by atoms with Gasteiger partial charge in [0.15, 0.2) is 11.5 Å². The minimum Gasteiger partial charge on any atom is -0.373 e. The van der Waals surface area contributed by atoms with E-state index in [-0.39, 0.29) is 0 Å². The van der Waals surface area contributed by atoms with Crippen LogP contribution in [0.1, 0.15) is 12.6 Å². The third-order valence-electron chi connectivity index (χ3n) is 3.05. The molecule has 0 amide bonds. The lowest BCUT2D eigenvalue weighted by Gasteiger charge is -1.99. The largest absolute Gasteiger partial charge is 0.373 e. The molecule has 0 aliphatic carbocycles. The van der Waals surface area contributed by atoms with Crippen molar-refractivity contribution in [3.05, 3.63) is 23.9 Å². The molecule has 0 saturated carbocycles. The lowest BCUT2D eigenvalue weighted by Crippen LogP contribution is -1.99. The summed E-state index contributed by atoms with van der Waals surface area (Å²) in [5.41, 5.74) is 3.61. The van der Waals surface area contributed by atoms with Crippen molar-refractivity contribution in [3.8, 4) is 11.5 Å². The van der Waals surface area contributed by atoms with Gasteiger partial charge in [-0.25, -0.2) is 9.97 Å². The summed E-state index contributed by atoms with van der Waals surface area (Å²) in [6.07, 6.45) is 0. The number of imidazole rings is 1. The first-order valence-corrected chi connectivity index (χ1v) is 6.30. The maximum atomic E-state index is 4.55. The zero-order chi connectivity index (χ0) is 13.4. The number of fused-ring (bicyclic) bond motifs is 1. The summed E-state index contributed by atoms with van der Waals surface area (Å²) < 4.78 is 1.94. The highest BCUT2D eigenvalue weighted by molar-refractivity contribution is 5.76. The Hall–Kier alpha value is -2.37. The van der Waals surface area contributed by atoms with Gasteiger partial charge >= 0.3 is 0 Å². The highest BCUT2D eigenvalue weighted by Crippen LogP contribution is 2.21. The topological polar surface area (TPSA) is 71.4 Å². The van der Waals surface area contributed by atoms with Crippen molar-refractivity contribution in [2.24, 2.45) is 0 Å². The van der Waals surface area contributed by atoms with Crippen molar-refractivity contribution in [2.75, 3.05) is 12.4 Å². The van der Waals surface area contributed by atoms with Crippen LogP contribution in [0.4, 0.5) is 5.82 Å². The van der Waals surface area contributed by atoms with Crippen molar-refractivity contribution in [2.45, 2.75) is 20.4 Å². The second-order valence-corrected chi connectivity index (χ2v) is 4.39. The van der Waals surface area contributed by atoms with Gasteiger partial charge in [-0.1, -0.05) is 0 Å². The second-order valence-electron chi connectivity index (χ2n) is 4.39. The van der Waals surface area contributed by atoms with Gasteiger partial charge in [0.25, 0.3) is 0 Å². The van der Waals surface area contributed by atoms with Crippen LogP contribution in [-0.4, -0.2) is 31.8 Å². The molecule has 19 heavy (non-hydrogen) atoms. The summed E-state index contributed by atoms with van der Waals surface area (Å²) in [7, 11) is 1.84. The molecule has 98 valence electrons. The van der Waals surface area contributed by atoms with E-state index < -0.39 is 0 Å². The molecule has 3 aromatic rings. The minimum atomic E-state index is 0.711. The van der Waals surface area contributed by atoms with E-state index in [4.69, 9.17) is 0 Å². The molecule has 0 aliphatic rings. The summed E-state index contributed by atoms with van der Waals surface area (Å²) in [5, 5.41) is 7.45. The van der Waals surface area contributed by atoms with Gasteiger partial charge in [0, 0.05) is 13.6 Å². The molecule has 0 aliphatic heterocycles. The lowest BCUT2D eigenvalue weighted by molar-refractivity contribution is 0.658. The van der Waals surface area contributed by atoms with Gasteiger partial charge in [-0.05, 0) is 32.0 Å². The fraction of sp³-hybridized carbons (Fsp3) is 0.308. The highest BCUT2D eigenvalue weighted by Gasteiger charge is 2.12. The number of anilines is 1. The van der Waals surface area contributed by atoms with E-state index in [0.717, 1.165) is 35.1 Å². The van der Waals surface area contributed by atoms with Crippen LogP contribution in [0.15, 0.2) is 18.2 Å². The van der Waals surface area contributed by atoms with Crippen LogP contribution in [0.3, 0.4) is 0 Å². The zero-order valence-electron chi connectivity index (χ0n) is 11.2. The zero-order valence-corrected chi connectivity index (χ0v) is 11.2. The molecule has 0 saturated heterocycles. The number of H-pyrrole nitrogens is 1. The summed E-state index contributed by atoms with van der Waals surface area (Å²) in [4.78, 5) is 12.3. The van der Waals surface area contributed by atoms with Crippen LogP contribution in [0.5, 0.6) is 0 Å². The van der Waals surface area contributed by atoms with Crippen molar-refractivity contribution in [1.29, 1.82) is 0 Å². The number of aromatic amines is 1. The van der Waals surface area contributed by atoms with Crippen LogP contribution >= 0.6 is 0 Å². The Morgan fingerprint density at radius 3 is 2.89 bits per heavy atom. The number of rotatable bonds is 3. The van der Waals surface area contributed by atoms with Crippen LogP contribution in [0.25, 0.3) is 22.7 Å². The van der Waals surface area contributed by atoms with Gasteiger partial charge in [0.05, 0.1) is 11.2 Å². The summed E-state index contributed by atoms with van der Waals surface area (Å²) >= 11 is 0. The highest BCUT2D eigenvalue weighted by atomic mass is 15.3. The van der Waals surface area contributed by atoms with Crippen molar-refractivity contribution in [1.82, 2.24) is 24.7 Å². The average Bonchev–Trinajstić information content (AvgIpc) is 3.00. The number of hydrogen-bond acceptors (Lipinski definition) is 4. The number of nitrogens with one attached hydrogen (secondary N) is 2. The Kier molecular flexibility index (Phi) is 2.70. The predicted molar refractivity (Wildman–Crippen MR) is 75.1 cm³/mol. The molecule has 0 unspecified atom stereocenters. The van der Waals surface area contributed by atoms with E-state index >= 15 is 0 Å². The molecule has 0 fully saturated rings. The molecule has 2 N–H and O–H groups in total. The number of aromatic nitrogens is 5. The molecular formula is C13H16N6. The van der Waals surface area contributed by atoms with E-state index in [2.05, 4.69) is 32.3 Å². The SMILES string of the molecule is CCn1nc(C)cc1-c1nc2nc(NC)ccc2[nH]1. The Morgan fingerprint density at radius 2 is 2.16 bits per heavy atom. The van der Waals surface area contributed by atoms with E-state index in [1.54, 1.807) is 0 Å². The number of nitrogens with zero attached hydrogens (tertiary/aromatic N) is 4. The standard InChI is InChI=1S/C13H16N6/c1-4-19-10(7-8(2)18-19)13-15-9-5-6-11(14-3)16-12(9)17-13/h5-7H,4H2,1-3H3,(H2,14,15,16,17). The fourth-order valence-electron chi connectivity index (χ4n) is 2.13. The Labute approximate surface area is 110 Å². The average molecular weight is 256 g/mol. The molecule has 6 heteroatoms. The Bertz CT molecular complexity index is 724. The molecule has 0 aromatic carbocycles. The molecular weight excluding hydrogens is 240 g/mol. The molecule has 0 spiro atoms. The van der Waals surface area contributed by atoms with Gasteiger partial charge in [0.1, 0.15) is 11.5 Å². The fourth-order valence-corrected chi connectivity index (χ4v) is 2.13. The van der Waals surface area contributed by atoms with Crippen molar-refractivity contribution >= 4 is 17.0 Å². The third kappa shape index (κ3) is 1.95. The number of pyridine rings is 1. The van der Waals surface area contributed by atoms with Gasteiger partial charge in [-0.3, -0.25) is 4.68 Å². The number of hydrogen-bond donors (Lipinski definition) is 2. The van der Waals surface area contributed by atoms with E-state index in [9.17, 15) is 0 Å². The van der Waals surface area contributed by atoms with E-state index in [1.165, 1.54) is 0 Å². The maximum Gasteiger partial charge on any atom is 0.180 e. The second kappa shape index (κ2) is 4.38. The normalized spacial score (nSPS) is 11.1. The molecule has 3 rings (SSSR count). The third-order valence-corrected chi connectivity index (χ3v) is 3.05. The minimum absolute atomic E-state index is 0.711. The molecule has 0 radical (unpaired) electrons. The quantitative estimate of drug-likeness (QED) is 0.753. The first kappa shape index (κ1) is 11.7. The van der Waals surface area contributed by atoms with Crippen molar-refractivity contribution in [3.63, 3.8) is 0 Å². The molecule has 0 atom stereocenters. The van der Waals surface area contributed by atoms with E-state index in [0.29, 0.717) is 5.65 Å². The van der Waals surface area contributed by atoms with E-state index in [1.807, 2.05) is 36.9 Å². The molecule has 3 heterocycles. The van der Waals surface area contributed by atoms with Crippen molar-refractivity contribution < 1.29 is 0 Å². The van der Waals surface area contributed by atoms with Gasteiger partial charge in [-0.15, -0.1) is 0 Å². The first-order valence-electron chi connectivity index (χ1n) is 6.30. The maximum absolute atomic E-state index is 4.55. The Morgan fingerprint density at radius 1 is 1.32 bits per heavy atom. The lowest BCUT2D eigenvalue weighted by atomic mass is 10.3. The monoisotopic (exact) mass is 256 g/mol. The van der Waals surface area contributed by atoms with Gasteiger partial charge in [0.2, 0.25) is 0 Å². The summed E-state index contributed by atoms with van der Waals surface area (Å²) in [5.74, 6) is 1.61. The molecule has 0 bridgehead atoms. The summed E-state index contributed by atoms with van der Waals surface area (Å²) in [6, 6.07) is 5.93.